The number of nitrogens with zero attached hydrogens (tertiary/aromatic N) is 1. The Hall–Kier alpha value is -1.10. The summed E-state index contributed by atoms with van der Waals surface area (Å²) in [6.45, 7) is 9.88. The first kappa shape index (κ1) is 19.2. The molecule has 2 rings (SSSR count). The fourth-order valence-corrected chi connectivity index (χ4v) is 3.51. The molecule has 1 fully saturated rings. The van der Waals surface area contributed by atoms with Crippen LogP contribution in [0.25, 0.3) is 0 Å². The van der Waals surface area contributed by atoms with Gasteiger partial charge in [0.15, 0.2) is 11.6 Å². The Kier molecular flexibility index (Phi) is 8.03. The number of piperazine rings is 1. The largest absolute Gasteiger partial charge is 0.489 e. The molecule has 0 saturated carbocycles. The Morgan fingerprint density at radius 3 is 2.75 bits per heavy atom. The molecule has 1 saturated heterocycles. The SMILES string of the molecule is C=CCCCC[C@H](c1cc(F)c(OCC)c(Cl)c1)N1CCNCC1. The van der Waals surface area contributed by atoms with Crippen molar-refractivity contribution in [2.75, 3.05) is 32.8 Å². The molecule has 0 amide bonds. The maximum absolute atomic E-state index is 14.4. The van der Waals surface area contributed by atoms with Gasteiger partial charge in [0.05, 0.1) is 11.6 Å². The average Bonchev–Trinajstić information content (AvgIpc) is 2.59. The van der Waals surface area contributed by atoms with Crippen LogP contribution in [0.15, 0.2) is 24.8 Å². The Morgan fingerprint density at radius 2 is 2.12 bits per heavy atom. The Bertz CT molecular complexity index is 509. The minimum absolute atomic E-state index is 0.161. The van der Waals surface area contributed by atoms with E-state index >= 15 is 0 Å². The molecule has 0 aliphatic carbocycles. The predicted octanol–water partition coefficient (Wildman–Crippen LogP) is 4.57. The van der Waals surface area contributed by atoms with Gasteiger partial charge in [0.25, 0.3) is 0 Å². The maximum atomic E-state index is 14.4. The standard InChI is InChI=1S/C19H28ClFN2O/c1-3-5-6-7-8-18(23-11-9-22-10-12-23)15-13-16(20)19(24-4-2)17(21)14-15/h3,13-14,18,22H,1,4-12H2,2H3/t18-/m1/s1. The number of allylic oxidation sites excluding steroid dienone is 1. The van der Waals surface area contributed by atoms with E-state index in [-0.39, 0.29) is 17.6 Å². The molecule has 1 heterocycles. The van der Waals surface area contributed by atoms with E-state index in [0.29, 0.717) is 11.6 Å². The molecule has 3 nitrogen and oxygen atoms in total. The summed E-state index contributed by atoms with van der Waals surface area (Å²) in [5.74, 6) is -0.209. The lowest BCUT2D eigenvalue weighted by atomic mass is 9.97. The second kappa shape index (κ2) is 10.0. The summed E-state index contributed by atoms with van der Waals surface area (Å²) >= 11 is 6.27. The van der Waals surface area contributed by atoms with Gasteiger partial charge in [0.1, 0.15) is 0 Å². The third-order valence-corrected chi connectivity index (χ3v) is 4.70. The molecule has 0 radical (unpaired) electrons. The van der Waals surface area contributed by atoms with E-state index in [9.17, 15) is 4.39 Å². The number of unbranched alkanes of at least 4 members (excludes halogenated alkanes) is 2. The Morgan fingerprint density at radius 1 is 1.38 bits per heavy atom. The lowest BCUT2D eigenvalue weighted by Gasteiger charge is -2.35. The molecule has 0 aromatic heterocycles. The van der Waals surface area contributed by atoms with E-state index in [0.717, 1.165) is 57.4 Å². The Balaban J connectivity index is 2.19. The summed E-state index contributed by atoms with van der Waals surface area (Å²) in [5, 5.41) is 3.73. The predicted molar refractivity (Wildman–Crippen MR) is 98.4 cm³/mol. The number of benzene rings is 1. The second-order valence-corrected chi connectivity index (χ2v) is 6.53. The summed E-state index contributed by atoms with van der Waals surface area (Å²) in [7, 11) is 0. The van der Waals surface area contributed by atoms with Crippen molar-refractivity contribution in [3.05, 3.63) is 41.2 Å². The monoisotopic (exact) mass is 354 g/mol. The van der Waals surface area contributed by atoms with Gasteiger partial charge in [-0.1, -0.05) is 24.1 Å². The molecule has 1 N–H and O–H groups in total. The lowest BCUT2D eigenvalue weighted by molar-refractivity contribution is 0.162. The van der Waals surface area contributed by atoms with Crippen LogP contribution in [-0.4, -0.2) is 37.7 Å². The molecule has 0 unspecified atom stereocenters. The van der Waals surface area contributed by atoms with Gasteiger partial charge in [0, 0.05) is 32.2 Å². The average molecular weight is 355 g/mol. The number of ether oxygens (including phenoxy) is 1. The van der Waals surface area contributed by atoms with Crippen LogP contribution in [0.3, 0.4) is 0 Å². The van der Waals surface area contributed by atoms with Crippen molar-refractivity contribution in [2.45, 2.75) is 38.6 Å². The number of nitrogens with one attached hydrogen (secondary N) is 1. The minimum atomic E-state index is -0.370. The normalized spacial score (nSPS) is 16.8. The van der Waals surface area contributed by atoms with Crippen LogP contribution in [0.2, 0.25) is 5.02 Å². The molecule has 24 heavy (non-hydrogen) atoms. The van der Waals surface area contributed by atoms with Gasteiger partial charge in [-0.15, -0.1) is 6.58 Å². The topological polar surface area (TPSA) is 24.5 Å². The van der Waals surface area contributed by atoms with Gasteiger partial charge in [0.2, 0.25) is 0 Å². The summed E-state index contributed by atoms with van der Waals surface area (Å²) in [6, 6.07) is 3.66. The molecular formula is C19H28ClFN2O. The van der Waals surface area contributed by atoms with E-state index in [2.05, 4.69) is 16.8 Å². The maximum Gasteiger partial charge on any atom is 0.173 e. The summed E-state index contributed by atoms with van der Waals surface area (Å²) in [4.78, 5) is 2.43. The summed E-state index contributed by atoms with van der Waals surface area (Å²) in [6.07, 6.45) is 6.17. The first-order valence-electron chi connectivity index (χ1n) is 8.84. The molecular weight excluding hydrogens is 327 g/mol. The molecule has 1 aromatic rings. The number of hydrogen-bond acceptors (Lipinski definition) is 3. The summed E-state index contributed by atoms with van der Waals surface area (Å²) < 4.78 is 19.7. The minimum Gasteiger partial charge on any atom is -0.489 e. The molecule has 1 aromatic carbocycles. The lowest BCUT2D eigenvalue weighted by Crippen LogP contribution is -2.45. The first-order valence-corrected chi connectivity index (χ1v) is 9.22. The quantitative estimate of drug-likeness (QED) is 0.519. The van der Waals surface area contributed by atoms with Crippen LogP contribution >= 0.6 is 11.6 Å². The van der Waals surface area contributed by atoms with Gasteiger partial charge in [-0.3, -0.25) is 4.90 Å². The van der Waals surface area contributed by atoms with Crippen molar-refractivity contribution >= 4 is 11.6 Å². The van der Waals surface area contributed by atoms with Gasteiger partial charge < -0.3 is 10.1 Å². The van der Waals surface area contributed by atoms with E-state index < -0.39 is 0 Å². The number of rotatable bonds is 9. The molecule has 1 aliphatic rings. The highest BCUT2D eigenvalue weighted by Gasteiger charge is 2.24. The van der Waals surface area contributed by atoms with Crippen LogP contribution in [0.4, 0.5) is 4.39 Å². The van der Waals surface area contributed by atoms with Crippen molar-refractivity contribution < 1.29 is 9.13 Å². The molecule has 134 valence electrons. The molecule has 0 bridgehead atoms. The highest BCUT2D eigenvalue weighted by molar-refractivity contribution is 6.32. The number of halogens is 2. The third kappa shape index (κ3) is 5.20. The second-order valence-electron chi connectivity index (χ2n) is 6.12. The van der Waals surface area contributed by atoms with Crippen molar-refractivity contribution in [2.24, 2.45) is 0 Å². The number of hydrogen-bond donors (Lipinski definition) is 1. The zero-order chi connectivity index (χ0) is 17.4. The van der Waals surface area contributed by atoms with Crippen molar-refractivity contribution in [3.63, 3.8) is 0 Å². The highest BCUT2D eigenvalue weighted by Crippen LogP contribution is 2.35. The van der Waals surface area contributed by atoms with Gasteiger partial charge >= 0.3 is 0 Å². The summed E-state index contributed by atoms with van der Waals surface area (Å²) in [5.41, 5.74) is 0.946. The van der Waals surface area contributed by atoms with Crippen molar-refractivity contribution in [1.29, 1.82) is 0 Å². The first-order chi connectivity index (χ1) is 11.7. The zero-order valence-corrected chi connectivity index (χ0v) is 15.2. The van der Waals surface area contributed by atoms with E-state index in [1.807, 2.05) is 19.1 Å². The zero-order valence-electron chi connectivity index (χ0n) is 14.5. The van der Waals surface area contributed by atoms with Crippen molar-refractivity contribution in [1.82, 2.24) is 10.2 Å². The van der Waals surface area contributed by atoms with Crippen LogP contribution in [0, 0.1) is 5.82 Å². The highest BCUT2D eigenvalue weighted by atomic mass is 35.5. The third-order valence-electron chi connectivity index (χ3n) is 4.42. The van der Waals surface area contributed by atoms with Crippen LogP contribution in [0.1, 0.15) is 44.2 Å². The smallest absolute Gasteiger partial charge is 0.173 e. The van der Waals surface area contributed by atoms with Crippen LogP contribution in [0.5, 0.6) is 5.75 Å². The van der Waals surface area contributed by atoms with Gasteiger partial charge in [-0.05, 0) is 43.9 Å². The van der Waals surface area contributed by atoms with E-state index in [4.69, 9.17) is 16.3 Å². The molecule has 1 atom stereocenters. The molecule has 5 heteroatoms. The van der Waals surface area contributed by atoms with E-state index in [1.54, 1.807) is 6.07 Å². The fraction of sp³-hybridized carbons (Fsp3) is 0.579. The molecule has 0 spiro atoms. The van der Waals surface area contributed by atoms with E-state index in [1.165, 1.54) is 0 Å². The molecule has 1 aliphatic heterocycles. The van der Waals surface area contributed by atoms with Gasteiger partial charge in [-0.2, -0.15) is 0 Å². The fourth-order valence-electron chi connectivity index (χ4n) is 3.23. The van der Waals surface area contributed by atoms with Crippen molar-refractivity contribution in [3.8, 4) is 5.75 Å². The Labute approximate surface area is 149 Å². The van der Waals surface area contributed by atoms with Crippen LogP contribution < -0.4 is 10.1 Å². The van der Waals surface area contributed by atoms with Crippen LogP contribution in [-0.2, 0) is 0 Å². The van der Waals surface area contributed by atoms with Gasteiger partial charge in [-0.25, -0.2) is 4.39 Å².